The molecule has 1 aliphatic carbocycles. The predicted octanol–water partition coefficient (Wildman–Crippen LogP) is 3.64. The van der Waals surface area contributed by atoms with E-state index in [0.29, 0.717) is 10.6 Å². The number of rotatable bonds is 3. The highest BCUT2D eigenvalue weighted by atomic mass is 32.2. The topological polar surface area (TPSA) is 62.3 Å². The van der Waals surface area contributed by atoms with E-state index in [4.69, 9.17) is 0 Å². The van der Waals surface area contributed by atoms with Crippen molar-refractivity contribution in [3.05, 3.63) is 48.2 Å². The molecule has 0 spiro atoms. The molecule has 0 unspecified atom stereocenters. The molecule has 5 nitrogen and oxygen atoms in total. The molecule has 4 rings (SSSR count). The summed E-state index contributed by atoms with van der Waals surface area (Å²) < 4.78 is 0. The average Bonchev–Trinajstić information content (AvgIpc) is 2.78. The number of benzene rings is 1. The Morgan fingerprint density at radius 3 is 2.81 bits per heavy atom. The van der Waals surface area contributed by atoms with Gasteiger partial charge in [0, 0.05) is 17.1 Å². The van der Waals surface area contributed by atoms with Gasteiger partial charge in [-0.25, -0.2) is 4.98 Å². The van der Waals surface area contributed by atoms with Crippen LogP contribution in [0.4, 0.5) is 5.69 Å². The van der Waals surface area contributed by atoms with Gasteiger partial charge in [-0.05, 0) is 37.1 Å². The summed E-state index contributed by atoms with van der Waals surface area (Å²) in [4.78, 5) is 32.6. The van der Waals surface area contributed by atoms with Crippen LogP contribution in [0.25, 0.3) is 0 Å². The Balaban J connectivity index is 1.61. The van der Waals surface area contributed by atoms with Crippen LogP contribution in [-0.2, 0) is 4.79 Å². The first-order chi connectivity index (χ1) is 12.7. The van der Waals surface area contributed by atoms with Crippen molar-refractivity contribution in [2.45, 2.75) is 48.1 Å². The second-order valence-corrected chi connectivity index (χ2v) is 7.75. The zero-order valence-electron chi connectivity index (χ0n) is 14.5. The Bertz CT molecular complexity index is 833. The fraction of sp³-hybridized carbons (Fsp3) is 0.350. The summed E-state index contributed by atoms with van der Waals surface area (Å²) in [5.74, 6) is -0.276. The molecule has 0 bridgehead atoms. The van der Waals surface area contributed by atoms with Crippen LogP contribution in [0.2, 0.25) is 0 Å². The van der Waals surface area contributed by atoms with Crippen molar-refractivity contribution in [1.29, 1.82) is 0 Å². The van der Waals surface area contributed by atoms with Crippen molar-refractivity contribution in [1.82, 2.24) is 10.3 Å². The first-order valence-corrected chi connectivity index (χ1v) is 9.87. The van der Waals surface area contributed by atoms with Crippen LogP contribution in [-0.4, -0.2) is 29.4 Å². The lowest BCUT2D eigenvalue weighted by atomic mass is 9.95. The number of fused-ring (bicyclic) bond motifs is 2. The molecule has 26 heavy (non-hydrogen) atoms. The Morgan fingerprint density at radius 1 is 1.15 bits per heavy atom. The SMILES string of the molecule is O=C(CN1C(=O)c2cccnc2Sc2ccccc21)NC1CCCCC1. The van der Waals surface area contributed by atoms with Crippen LogP contribution in [0, 0.1) is 0 Å². The predicted molar refractivity (Wildman–Crippen MR) is 101 cm³/mol. The highest BCUT2D eigenvalue weighted by Gasteiger charge is 2.29. The lowest BCUT2D eigenvalue weighted by Crippen LogP contribution is -2.45. The summed E-state index contributed by atoms with van der Waals surface area (Å²) in [5, 5.41) is 3.79. The van der Waals surface area contributed by atoms with Gasteiger partial charge >= 0.3 is 0 Å². The van der Waals surface area contributed by atoms with E-state index in [0.717, 1.165) is 36.3 Å². The third-order valence-corrected chi connectivity index (χ3v) is 5.97. The summed E-state index contributed by atoms with van der Waals surface area (Å²) in [6, 6.07) is 11.4. The maximum absolute atomic E-state index is 13.1. The number of aromatic nitrogens is 1. The number of carbonyl (C=O) groups is 2. The van der Waals surface area contributed by atoms with Gasteiger partial charge in [0.1, 0.15) is 11.6 Å². The smallest absolute Gasteiger partial charge is 0.261 e. The minimum absolute atomic E-state index is 0.0290. The van der Waals surface area contributed by atoms with Gasteiger partial charge in [0.2, 0.25) is 5.91 Å². The molecule has 2 aliphatic rings. The van der Waals surface area contributed by atoms with Gasteiger partial charge in [0.25, 0.3) is 5.91 Å². The number of hydrogen-bond acceptors (Lipinski definition) is 4. The van der Waals surface area contributed by atoms with Gasteiger partial charge < -0.3 is 5.32 Å². The van der Waals surface area contributed by atoms with E-state index >= 15 is 0 Å². The van der Waals surface area contributed by atoms with E-state index in [-0.39, 0.29) is 24.4 Å². The molecule has 1 fully saturated rings. The van der Waals surface area contributed by atoms with E-state index in [1.54, 1.807) is 23.2 Å². The van der Waals surface area contributed by atoms with Gasteiger partial charge in [-0.2, -0.15) is 0 Å². The molecule has 1 aromatic heterocycles. The van der Waals surface area contributed by atoms with Gasteiger partial charge in [-0.3, -0.25) is 14.5 Å². The van der Waals surface area contributed by atoms with Crippen molar-refractivity contribution in [2.24, 2.45) is 0 Å². The van der Waals surface area contributed by atoms with E-state index in [9.17, 15) is 9.59 Å². The van der Waals surface area contributed by atoms with Crippen LogP contribution in [0.5, 0.6) is 0 Å². The lowest BCUT2D eigenvalue weighted by Gasteiger charge is -2.26. The number of carbonyl (C=O) groups excluding carboxylic acids is 2. The fourth-order valence-electron chi connectivity index (χ4n) is 3.58. The Kier molecular flexibility index (Phi) is 4.93. The number of amides is 2. The molecule has 2 amide bonds. The lowest BCUT2D eigenvalue weighted by molar-refractivity contribution is -0.120. The van der Waals surface area contributed by atoms with Gasteiger partial charge in [0.05, 0.1) is 11.3 Å². The minimum Gasteiger partial charge on any atom is -0.352 e. The molecule has 1 aliphatic heterocycles. The summed E-state index contributed by atoms with van der Waals surface area (Å²) in [6.07, 6.45) is 7.30. The van der Waals surface area contributed by atoms with E-state index in [1.807, 2.05) is 24.3 Å². The largest absolute Gasteiger partial charge is 0.352 e. The van der Waals surface area contributed by atoms with Crippen LogP contribution in [0.1, 0.15) is 42.5 Å². The number of nitrogens with one attached hydrogen (secondary N) is 1. The van der Waals surface area contributed by atoms with Crippen LogP contribution < -0.4 is 10.2 Å². The van der Waals surface area contributed by atoms with Gasteiger partial charge in [-0.15, -0.1) is 0 Å². The molecule has 1 saturated carbocycles. The molecule has 134 valence electrons. The molecule has 1 N–H and O–H groups in total. The molecule has 0 atom stereocenters. The Hall–Kier alpha value is -2.34. The third-order valence-electron chi connectivity index (χ3n) is 4.88. The second kappa shape index (κ2) is 7.50. The van der Waals surface area contributed by atoms with Crippen LogP contribution in [0.15, 0.2) is 52.5 Å². The standard InChI is InChI=1S/C20H21N3O2S/c24-18(22-14-7-2-1-3-8-14)13-23-16-10-4-5-11-17(16)26-19-15(20(23)25)9-6-12-21-19/h4-6,9-12,14H,1-3,7-8,13H2,(H,22,24). The minimum atomic E-state index is -0.177. The number of nitrogens with zero attached hydrogens (tertiary/aromatic N) is 2. The highest BCUT2D eigenvalue weighted by molar-refractivity contribution is 7.99. The van der Waals surface area contributed by atoms with Crippen molar-refractivity contribution in [3.63, 3.8) is 0 Å². The quantitative estimate of drug-likeness (QED) is 0.900. The van der Waals surface area contributed by atoms with Crippen LogP contribution in [0.3, 0.4) is 0 Å². The fourth-order valence-corrected chi connectivity index (χ4v) is 4.60. The Morgan fingerprint density at radius 2 is 1.96 bits per heavy atom. The van der Waals surface area contributed by atoms with E-state index in [1.165, 1.54) is 18.2 Å². The zero-order valence-corrected chi connectivity index (χ0v) is 15.3. The normalized spacial score (nSPS) is 17.2. The maximum atomic E-state index is 13.1. The van der Waals surface area contributed by atoms with Crippen molar-refractivity contribution < 1.29 is 9.59 Å². The first-order valence-electron chi connectivity index (χ1n) is 9.05. The highest BCUT2D eigenvalue weighted by Crippen LogP contribution is 2.39. The summed E-state index contributed by atoms with van der Waals surface area (Å²) in [5.41, 5.74) is 1.30. The van der Waals surface area contributed by atoms with E-state index < -0.39 is 0 Å². The van der Waals surface area contributed by atoms with Crippen LogP contribution >= 0.6 is 11.8 Å². The van der Waals surface area contributed by atoms with Crippen molar-refractivity contribution >= 4 is 29.3 Å². The number of anilines is 1. The molecule has 0 saturated heterocycles. The Labute approximate surface area is 157 Å². The summed E-state index contributed by atoms with van der Waals surface area (Å²) in [6.45, 7) is 0.0290. The van der Waals surface area contributed by atoms with Gasteiger partial charge in [0.15, 0.2) is 0 Å². The maximum Gasteiger partial charge on any atom is 0.261 e. The van der Waals surface area contributed by atoms with Crippen molar-refractivity contribution in [3.8, 4) is 0 Å². The van der Waals surface area contributed by atoms with E-state index in [2.05, 4.69) is 10.3 Å². The monoisotopic (exact) mass is 367 g/mol. The number of pyridine rings is 1. The van der Waals surface area contributed by atoms with Crippen molar-refractivity contribution in [2.75, 3.05) is 11.4 Å². The molecule has 1 aromatic carbocycles. The number of para-hydroxylation sites is 1. The molecule has 2 aromatic rings. The summed E-state index contributed by atoms with van der Waals surface area (Å²) in [7, 11) is 0. The first kappa shape index (κ1) is 17.1. The zero-order chi connectivity index (χ0) is 17.9. The molecule has 2 heterocycles. The molecule has 0 radical (unpaired) electrons. The third kappa shape index (κ3) is 3.46. The molecular weight excluding hydrogens is 346 g/mol. The molecular formula is C20H21N3O2S. The number of hydrogen-bond donors (Lipinski definition) is 1. The molecule has 6 heteroatoms. The summed E-state index contributed by atoms with van der Waals surface area (Å²) >= 11 is 1.47. The van der Waals surface area contributed by atoms with Gasteiger partial charge in [-0.1, -0.05) is 43.2 Å². The second-order valence-electron chi connectivity index (χ2n) is 6.72. The average molecular weight is 367 g/mol.